The number of ether oxygens (including phenoxy) is 2. The van der Waals surface area contributed by atoms with Gasteiger partial charge in [-0.1, -0.05) is 41.5 Å². The van der Waals surface area contributed by atoms with E-state index in [0.29, 0.717) is 42.7 Å². The van der Waals surface area contributed by atoms with E-state index in [9.17, 15) is 9.59 Å². The molecule has 0 aliphatic heterocycles. The summed E-state index contributed by atoms with van der Waals surface area (Å²) in [7, 11) is 3.11. The molecule has 0 bridgehead atoms. The average Bonchev–Trinajstić information content (AvgIpc) is 3.43. The summed E-state index contributed by atoms with van der Waals surface area (Å²) in [5.41, 5.74) is 11.2. The van der Waals surface area contributed by atoms with Gasteiger partial charge in [0.15, 0.2) is 6.29 Å². The van der Waals surface area contributed by atoms with Crippen molar-refractivity contribution in [3.8, 4) is 0 Å². The largest absolute Gasteiger partial charge is 0.356 e. The Morgan fingerprint density at radius 1 is 1.14 bits per heavy atom. The predicted octanol–water partition coefficient (Wildman–Crippen LogP) is 4.16. The number of nitrogens with one attached hydrogen (secondary N) is 2. The first-order chi connectivity index (χ1) is 18.0. The van der Waals surface area contributed by atoms with Crippen LogP contribution in [0.4, 0.5) is 5.69 Å². The van der Waals surface area contributed by atoms with Crippen LogP contribution in [0.5, 0.6) is 0 Å². The zero-order chi connectivity index (χ0) is 26.5. The van der Waals surface area contributed by atoms with Gasteiger partial charge in [-0.25, -0.2) is 4.98 Å². The molecule has 2 aromatic carbocycles. The van der Waals surface area contributed by atoms with E-state index in [1.54, 1.807) is 69.2 Å². The normalized spacial score (nSPS) is 11.2. The second kappa shape index (κ2) is 14.2. The third kappa shape index (κ3) is 8.62. The van der Waals surface area contributed by atoms with Crippen LogP contribution in [0.15, 0.2) is 78.1 Å². The predicted molar refractivity (Wildman–Crippen MR) is 139 cm³/mol. The Bertz CT molecular complexity index is 1230. The second-order valence-electron chi connectivity index (χ2n) is 8.02. The maximum absolute atomic E-state index is 13.0. The standard InChI is InChI=1S/C26H29N7O4/c1-36-24(37-2)4-3-13-29-26(35)23(16-19-7-11-22(12-8-19)31-32-27)30-25(34)21-9-5-20(6-10-21)17-33-15-14-28-18-33/h5-12,14-16,18,24H,3-4,13,17H2,1-2H3,(H,29,35)(H,30,34)/b23-16+. The van der Waals surface area contributed by atoms with Crippen molar-refractivity contribution in [2.75, 3.05) is 20.8 Å². The van der Waals surface area contributed by atoms with Crippen LogP contribution in [-0.2, 0) is 20.8 Å². The number of hydrogen-bond donors (Lipinski definition) is 2. The fourth-order valence-electron chi connectivity index (χ4n) is 3.46. The molecule has 3 rings (SSSR count). The van der Waals surface area contributed by atoms with Gasteiger partial charge in [0.2, 0.25) is 0 Å². The van der Waals surface area contributed by atoms with Gasteiger partial charge >= 0.3 is 0 Å². The molecule has 2 N–H and O–H groups in total. The number of amides is 2. The van der Waals surface area contributed by atoms with E-state index in [1.807, 2.05) is 22.9 Å². The molecule has 11 heteroatoms. The summed E-state index contributed by atoms with van der Waals surface area (Å²) in [5, 5.41) is 9.09. The quantitative estimate of drug-likeness (QED) is 0.0899. The summed E-state index contributed by atoms with van der Waals surface area (Å²) in [6.07, 6.45) is 7.73. The van der Waals surface area contributed by atoms with Crippen molar-refractivity contribution in [1.29, 1.82) is 0 Å². The minimum atomic E-state index is -0.435. The Morgan fingerprint density at radius 3 is 2.49 bits per heavy atom. The second-order valence-corrected chi connectivity index (χ2v) is 8.02. The minimum Gasteiger partial charge on any atom is -0.356 e. The highest BCUT2D eigenvalue weighted by Gasteiger charge is 2.15. The van der Waals surface area contributed by atoms with E-state index < -0.39 is 11.8 Å². The van der Waals surface area contributed by atoms with E-state index in [2.05, 4.69) is 25.6 Å². The fourth-order valence-corrected chi connectivity index (χ4v) is 3.46. The van der Waals surface area contributed by atoms with Crippen LogP contribution < -0.4 is 10.6 Å². The summed E-state index contributed by atoms with van der Waals surface area (Å²) in [6.45, 7) is 1.00. The number of benzene rings is 2. The molecule has 3 aromatic rings. The Hall–Kier alpha value is -4.44. The van der Waals surface area contributed by atoms with Crippen LogP contribution in [0.3, 0.4) is 0 Å². The molecule has 0 saturated carbocycles. The van der Waals surface area contributed by atoms with Crippen molar-refractivity contribution >= 4 is 23.6 Å². The fraction of sp³-hybridized carbons (Fsp3) is 0.269. The molecule has 0 spiro atoms. The molecule has 0 atom stereocenters. The minimum absolute atomic E-state index is 0.0825. The number of aromatic nitrogens is 2. The van der Waals surface area contributed by atoms with Crippen LogP contribution in [0.2, 0.25) is 0 Å². The van der Waals surface area contributed by atoms with Crippen molar-refractivity contribution in [2.24, 2.45) is 5.11 Å². The van der Waals surface area contributed by atoms with E-state index in [1.165, 1.54) is 0 Å². The van der Waals surface area contributed by atoms with Gasteiger partial charge in [0, 0.05) is 62.3 Å². The van der Waals surface area contributed by atoms with Crippen molar-refractivity contribution in [1.82, 2.24) is 20.2 Å². The molecule has 0 radical (unpaired) electrons. The molecule has 2 amide bonds. The number of methoxy groups -OCH3 is 2. The maximum atomic E-state index is 13.0. The Balaban J connectivity index is 1.71. The van der Waals surface area contributed by atoms with Crippen molar-refractivity contribution in [2.45, 2.75) is 25.7 Å². The lowest BCUT2D eigenvalue weighted by atomic mass is 10.1. The third-order valence-corrected chi connectivity index (χ3v) is 5.43. The van der Waals surface area contributed by atoms with E-state index in [-0.39, 0.29) is 12.0 Å². The number of nitrogens with zero attached hydrogens (tertiary/aromatic N) is 5. The van der Waals surface area contributed by atoms with Gasteiger partial charge in [-0.3, -0.25) is 9.59 Å². The SMILES string of the molecule is COC(CCCNC(=O)/C(=C\c1ccc(N=[N+]=[N-])cc1)NC(=O)c1ccc(Cn2ccnc2)cc1)OC. The van der Waals surface area contributed by atoms with E-state index in [0.717, 1.165) is 5.56 Å². The van der Waals surface area contributed by atoms with Crippen molar-refractivity contribution in [3.05, 3.63) is 100 Å². The van der Waals surface area contributed by atoms with Crippen LogP contribution in [0.25, 0.3) is 16.5 Å². The summed E-state index contributed by atoms with van der Waals surface area (Å²) in [4.78, 5) is 32.7. The summed E-state index contributed by atoms with van der Waals surface area (Å²) in [5.74, 6) is -0.851. The average molecular weight is 504 g/mol. The highest BCUT2D eigenvalue weighted by molar-refractivity contribution is 6.05. The van der Waals surface area contributed by atoms with Gasteiger partial charge in [-0.15, -0.1) is 0 Å². The lowest BCUT2D eigenvalue weighted by Crippen LogP contribution is -2.35. The number of carbonyl (C=O) groups excluding carboxylic acids is 2. The third-order valence-electron chi connectivity index (χ3n) is 5.43. The molecule has 11 nitrogen and oxygen atoms in total. The van der Waals surface area contributed by atoms with Crippen LogP contribution in [-0.4, -0.2) is 48.4 Å². The first kappa shape index (κ1) is 27.2. The lowest BCUT2D eigenvalue weighted by molar-refractivity contribution is -0.118. The first-order valence-electron chi connectivity index (χ1n) is 11.6. The molecule has 0 fully saturated rings. The molecule has 0 saturated heterocycles. The molecule has 192 valence electrons. The van der Waals surface area contributed by atoms with Gasteiger partial charge in [0.05, 0.1) is 6.33 Å². The Labute approximate surface area is 214 Å². The zero-order valence-electron chi connectivity index (χ0n) is 20.7. The summed E-state index contributed by atoms with van der Waals surface area (Å²) < 4.78 is 12.2. The lowest BCUT2D eigenvalue weighted by Gasteiger charge is -2.14. The van der Waals surface area contributed by atoms with Crippen LogP contribution in [0, 0.1) is 0 Å². The van der Waals surface area contributed by atoms with E-state index >= 15 is 0 Å². The van der Waals surface area contributed by atoms with Crippen LogP contribution >= 0.6 is 0 Å². The molecular formula is C26H29N7O4. The number of azide groups is 1. The first-order valence-corrected chi connectivity index (χ1v) is 11.6. The summed E-state index contributed by atoms with van der Waals surface area (Å²) >= 11 is 0. The van der Waals surface area contributed by atoms with E-state index in [4.69, 9.17) is 15.0 Å². The zero-order valence-corrected chi connectivity index (χ0v) is 20.7. The Kier molecular flexibility index (Phi) is 10.4. The molecule has 37 heavy (non-hydrogen) atoms. The van der Waals surface area contributed by atoms with Gasteiger partial charge in [0.25, 0.3) is 11.8 Å². The molecule has 0 unspecified atom stereocenters. The van der Waals surface area contributed by atoms with Crippen molar-refractivity contribution in [3.63, 3.8) is 0 Å². The van der Waals surface area contributed by atoms with Gasteiger partial charge in [-0.2, -0.15) is 0 Å². The molecule has 1 aromatic heterocycles. The van der Waals surface area contributed by atoms with Crippen molar-refractivity contribution < 1.29 is 19.1 Å². The summed E-state index contributed by atoms with van der Waals surface area (Å²) in [6, 6.07) is 13.8. The Morgan fingerprint density at radius 2 is 1.86 bits per heavy atom. The van der Waals surface area contributed by atoms with Gasteiger partial charge in [0.1, 0.15) is 5.70 Å². The topological polar surface area (TPSA) is 143 Å². The number of carbonyl (C=O) groups is 2. The highest BCUT2D eigenvalue weighted by Crippen LogP contribution is 2.15. The number of rotatable bonds is 13. The van der Waals surface area contributed by atoms with Crippen LogP contribution in [0.1, 0.15) is 34.3 Å². The van der Waals surface area contributed by atoms with Gasteiger partial charge < -0.3 is 24.7 Å². The smallest absolute Gasteiger partial charge is 0.267 e. The highest BCUT2D eigenvalue weighted by atomic mass is 16.7. The molecule has 0 aliphatic carbocycles. The maximum Gasteiger partial charge on any atom is 0.267 e. The molecular weight excluding hydrogens is 474 g/mol. The molecule has 1 heterocycles. The monoisotopic (exact) mass is 503 g/mol. The van der Waals surface area contributed by atoms with Gasteiger partial charge in [-0.05, 0) is 41.3 Å². The molecule has 0 aliphatic rings. The number of hydrogen-bond acceptors (Lipinski definition) is 6. The number of imidazole rings is 1.